The van der Waals surface area contributed by atoms with E-state index in [0.717, 1.165) is 6.07 Å². The molecular weight excluding hydrogens is 301 g/mol. The minimum absolute atomic E-state index is 0.268. The van der Waals surface area contributed by atoms with Gasteiger partial charge in [-0.15, -0.1) is 0 Å². The van der Waals surface area contributed by atoms with Crippen LogP contribution in [-0.4, -0.2) is 22.8 Å². The molecule has 0 unspecified atom stereocenters. The molecule has 0 aliphatic carbocycles. The molecule has 1 aromatic rings. The van der Waals surface area contributed by atoms with Gasteiger partial charge >= 0.3 is 12.1 Å². The lowest BCUT2D eigenvalue weighted by Gasteiger charge is -2.18. The van der Waals surface area contributed by atoms with Gasteiger partial charge in [-0.05, 0) is 6.07 Å². The third-order valence-corrected chi connectivity index (χ3v) is 2.38. The highest BCUT2D eigenvalue weighted by atomic mass is 35.5. The van der Waals surface area contributed by atoms with Crippen LogP contribution in [0.2, 0.25) is 5.02 Å². The van der Waals surface area contributed by atoms with Gasteiger partial charge in [0.05, 0.1) is 9.95 Å². The molecule has 0 bridgehead atoms. The highest BCUT2D eigenvalue weighted by molar-refractivity contribution is 6.34. The molecule has 4 nitrogen and oxygen atoms in total. The average Bonchev–Trinajstić information content (AvgIpc) is 2.26. The molecule has 10 heteroatoms. The summed E-state index contributed by atoms with van der Waals surface area (Å²) in [6, 6.07) is 1.73. The summed E-state index contributed by atoms with van der Waals surface area (Å²) in [6.45, 7) is 0. The van der Waals surface area contributed by atoms with Crippen LogP contribution in [0.25, 0.3) is 0 Å². The molecule has 0 N–H and O–H groups in total. The minimum atomic E-state index is -6.11. The SMILES string of the molecule is O=C(c1cc([N+](=O)[O-])ccc1Cl)C(F)(F)C(F)(F)F. The van der Waals surface area contributed by atoms with Gasteiger partial charge in [0.2, 0.25) is 5.78 Å². The lowest BCUT2D eigenvalue weighted by molar-refractivity contribution is -0.384. The maximum absolute atomic E-state index is 12.8. The van der Waals surface area contributed by atoms with Crippen molar-refractivity contribution >= 4 is 23.1 Å². The number of alkyl halides is 5. The van der Waals surface area contributed by atoms with Crippen molar-refractivity contribution in [3.8, 4) is 0 Å². The molecule has 0 radical (unpaired) electrons. The predicted octanol–water partition coefficient (Wildman–Crippen LogP) is 3.63. The van der Waals surface area contributed by atoms with Crippen molar-refractivity contribution in [2.24, 2.45) is 0 Å². The molecule has 0 fully saturated rings. The quantitative estimate of drug-likeness (QED) is 0.371. The van der Waals surface area contributed by atoms with E-state index in [-0.39, 0.29) is 6.07 Å². The van der Waals surface area contributed by atoms with Crippen molar-refractivity contribution < 1.29 is 31.7 Å². The molecule has 1 aromatic carbocycles. The van der Waals surface area contributed by atoms with Gasteiger partial charge in [-0.3, -0.25) is 14.9 Å². The third kappa shape index (κ3) is 2.80. The Balaban J connectivity index is 3.34. The van der Waals surface area contributed by atoms with Gasteiger partial charge in [-0.25, -0.2) is 0 Å². The summed E-state index contributed by atoms with van der Waals surface area (Å²) in [5.41, 5.74) is -2.09. The number of ketones is 1. The Labute approximate surface area is 106 Å². The zero-order valence-electron chi connectivity index (χ0n) is 8.67. The molecule has 0 saturated heterocycles. The molecule has 19 heavy (non-hydrogen) atoms. The maximum Gasteiger partial charge on any atom is 0.461 e. The molecule has 0 spiro atoms. The number of rotatable bonds is 3. The second-order valence-electron chi connectivity index (χ2n) is 3.32. The molecule has 0 saturated carbocycles. The monoisotopic (exact) mass is 303 g/mol. The number of carbonyl (C=O) groups excluding carboxylic acids is 1. The lowest BCUT2D eigenvalue weighted by Crippen LogP contribution is -2.44. The zero-order chi connectivity index (χ0) is 15.0. The van der Waals surface area contributed by atoms with E-state index in [4.69, 9.17) is 11.6 Å². The number of non-ortho nitro benzene ring substituents is 1. The first kappa shape index (κ1) is 15.3. The maximum atomic E-state index is 12.8. The fourth-order valence-corrected chi connectivity index (χ4v) is 1.30. The summed E-state index contributed by atoms with van der Waals surface area (Å²) in [4.78, 5) is 20.5. The van der Waals surface area contributed by atoms with Crippen molar-refractivity contribution in [1.82, 2.24) is 0 Å². The Morgan fingerprint density at radius 3 is 2.16 bits per heavy atom. The summed E-state index contributed by atoms with van der Waals surface area (Å²) in [5, 5.41) is 9.64. The van der Waals surface area contributed by atoms with Gasteiger partial charge in [0.15, 0.2) is 0 Å². The summed E-state index contributed by atoms with van der Waals surface area (Å²) < 4.78 is 61.7. The van der Waals surface area contributed by atoms with E-state index in [9.17, 15) is 36.9 Å². The van der Waals surface area contributed by atoms with Crippen LogP contribution < -0.4 is 0 Å². The number of nitrogens with zero attached hydrogens (tertiary/aromatic N) is 1. The molecule has 0 aliphatic rings. The van der Waals surface area contributed by atoms with Gasteiger partial charge in [0.1, 0.15) is 0 Å². The smallest absolute Gasteiger partial charge is 0.287 e. The van der Waals surface area contributed by atoms with Crippen LogP contribution >= 0.6 is 11.6 Å². The van der Waals surface area contributed by atoms with Crippen LogP contribution in [-0.2, 0) is 0 Å². The van der Waals surface area contributed by atoms with Crippen molar-refractivity contribution in [2.75, 3.05) is 0 Å². The molecule has 0 atom stereocenters. The largest absolute Gasteiger partial charge is 0.461 e. The topological polar surface area (TPSA) is 60.2 Å². The first-order valence-corrected chi connectivity index (χ1v) is 4.79. The first-order chi connectivity index (χ1) is 8.48. The number of nitro groups is 1. The molecule has 0 amide bonds. The Morgan fingerprint density at radius 1 is 1.21 bits per heavy atom. The summed E-state index contributed by atoms with van der Waals surface area (Å²) in [5.74, 6) is -8.32. The number of nitro benzene ring substituents is 1. The fraction of sp³-hybridized carbons (Fsp3) is 0.222. The van der Waals surface area contributed by atoms with E-state index >= 15 is 0 Å². The van der Waals surface area contributed by atoms with Crippen LogP contribution in [0.3, 0.4) is 0 Å². The Hall–Kier alpha value is -1.77. The molecule has 1 rings (SSSR count). The number of halogens is 6. The van der Waals surface area contributed by atoms with E-state index in [0.29, 0.717) is 6.07 Å². The van der Waals surface area contributed by atoms with Crippen LogP contribution in [0, 0.1) is 10.1 Å². The Bertz CT molecular complexity index is 543. The fourth-order valence-electron chi connectivity index (χ4n) is 1.10. The van der Waals surface area contributed by atoms with Crippen molar-refractivity contribution in [3.05, 3.63) is 38.9 Å². The third-order valence-electron chi connectivity index (χ3n) is 2.05. The van der Waals surface area contributed by atoms with Gasteiger partial charge in [0.25, 0.3) is 5.69 Å². The summed E-state index contributed by atoms with van der Waals surface area (Å²) >= 11 is 5.31. The van der Waals surface area contributed by atoms with E-state index in [1.807, 2.05) is 0 Å². The van der Waals surface area contributed by atoms with Gasteiger partial charge in [-0.2, -0.15) is 22.0 Å². The molecule has 0 heterocycles. The van der Waals surface area contributed by atoms with Crippen molar-refractivity contribution in [2.45, 2.75) is 12.1 Å². The lowest BCUT2D eigenvalue weighted by atomic mass is 10.0. The molecule has 0 aromatic heterocycles. The Morgan fingerprint density at radius 2 is 1.74 bits per heavy atom. The number of carbonyl (C=O) groups is 1. The zero-order valence-corrected chi connectivity index (χ0v) is 9.43. The summed E-state index contributed by atoms with van der Waals surface area (Å²) in [7, 11) is 0. The van der Waals surface area contributed by atoms with E-state index in [1.165, 1.54) is 0 Å². The molecule has 0 aliphatic heterocycles. The summed E-state index contributed by atoms with van der Waals surface area (Å²) in [6.07, 6.45) is -6.11. The average molecular weight is 304 g/mol. The normalized spacial score (nSPS) is 12.3. The van der Waals surface area contributed by atoms with Crippen LogP contribution in [0.4, 0.5) is 27.6 Å². The highest BCUT2D eigenvalue weighted by Gasteiger charge is 2.63. The van der Waals surface area contributed by atoms with Crippen LogP contribution in [0.1, 0.15) is 10.4 Å². The van der Waals surface area contributed by atoms with E-state index < -0.39 is 39.1 Å². The standard InChI is InChI=1S/C9H3ClF5NO3/c10-6-2-1-4(16(18)19)3-5(6)7(17)8(11,12)9(13,14)15/h1-3H. The predicted molar refractivity (Wildman–Crippen MR) is 53.4 cm³/mol. The first-order valence-electron chi connectivity index (χ1n) is 4.41. The van der Waals surface area contributed by atoms with Gasteiger partial charge < -0.3 is 0 Å². The Kier molecular flexibility index (Phi) is 3.80. The minimum Gasteiger partial charge on any atom is -0.287 e. The highest BCUT2D eigenvalue weighted by Crippen LogP contribution is 2.39. The number of hydrogen-bond donors (Lipinski definition) is 0. The number of Topliss-reactive ketones (excluding diaryl/α,β-unsaturated/α-hetero) is 1. The molecule has 104 valence electrons. The van der Waals surface area contributed by atoms with Crippen molar-refractivity contribution in [3.63, 3.8) is 0 Å². The van der Waals surface area contributed by atoms with Gasteiger partial charge in [0, 0.05) is 17.7 Å². The second kappa shape index (κ2) is 4.72. The van der Waals surface area contributed by atoms with Crippen molar-refractivity contribution in [1.29, 1.82) is 0 Å². The van der Waals surface area contributed by atoms with E-state index in [1.54, 1.807) is 0 Å². The van der Waals surface area contributed by atoms with Gasteiger partial charge in [-0.1, -0.05) is 11.6 Å². The number of hydrogen-bond acceptors (Lipinski definition) is 3. The van der Waals surface area contributed by atoms with Crippen LogP contribution in [0.15, 0.2) is 18.2 Å². The molecular formula is C9H3ClF5NO3. The van der Waals surface area contributed by atoms with Crippen LogP contribution in [0.5, 0.6) is 0 Å². The number of benzene rings is 1. The second-order valence-corrected chi connectivity index (χ2v) is 3.73. The van der Waals surface area contributed by atoms with E-state index in [2.05, 4.69) is 0 Å².